The van der Waals surface area contributed by atoms with E-state index in [0.29, 0.717) is 0 Å². The molecule has 0 bridgehead atoms. The van der Waals surface area contributed by atoms with Crippen molar-refractivity contribution in [2.75, 3.05) is 0 Å². The summed E-state index contributed by atoms with van der Waals surface area (Å²) in [7, 11) is 0. The molecule has 2 nitrogen and oxygen atoms in total. The van der Waals surface area contributed by atoms with E-state index in [9.17, 15) is 62.3 Å². The lowest BCUT2D eigenvalue weighted by molar-refractivity contribution is -0.425. The number of halogens is 12. The van der Waals surface area contributed by atoms with Crippen LogP contribution < -0.4 is 0 Å². The van der Waals surface area contributed by atoms with Gasteiger partial charge in [0.15, 0.2) is 0 Å². The molecule has 0 heterocycles. The number of carbonyl (C=O) groups is 2. The average Bonchev–Trinajstić information content (AvgIpc) is 2.49. The Morgan fingerprint density at radius 2 is 0.692 bits per heavy atom. The Morgan fingerprint density at radius 1 is 0.462 bits per heavy atom. The average molecular weight is 414 g/mol. The van der Waals surface area contributed by atoms with Gasteiger partial charge in [-0.15, -0.1) is 0 Å². The molecule has 0 spiro atoms. The third kappa shape index (κ3) is 3.63. The lowest BCUT2D eigenvalue weighted by Gasteiger charge is -2.41. The molecule has 14 heteroatoms. The Balaban J connectivity index is 6.13. The first-order valence-corrected chi connectivity index (χ1v) is 6.51. The Labute approximate surface area is 137 Å². The van der Waals surface area contributed by atoms with E-state index in [0.717, 1.165) is 0 Å². The predicted molar refractivity (Wildman–Crippen MR) is 60.3 cm³/mol. The summed E-state index contributed by atoms with van der Waals surface area (Å²) in [6.07, 6.45) is -8.86. The van der Waals surface area contributed by atoms with E-state index in [1.165, 1.54) is 0 Å². The van der Waals surface area contributed by atoms with Gasteiger partial charge in [-0.2, -0.15) is 52.7 Å². The number of rotatable bonds is 11. The number of carbonyl (C=O) groups excluding carboxylic acids is 2. The molecule has 0 saturated heterocycles. The van der Waals surface area contributed by atoms with Gasteiger partial charge in [0.05, 0.1) is 0 Å². The fourth-order valence-electron chi connectivity index (χ4n) is 1.65. The van der Waals surface area contributed by atoms with Gasteiger partial charge in [-0.25, -0.2) is 0 Å². The molecule has 0 aromatic carbocycles. The molecule has 0 aromatic rings. The number of hydrogen-bond acceptors (Lipinski definition) is 2. The van der Waals surface area contributed by atoms with Crippen molar-refractivity contribution < 1.29 is 62.3 Å². The molecule has 0 amide bonds. The lowest BCUT2D eigenvalue weighted by atomic mass is 9.89. The van der Waals surface area contributed by atoms with Crippen LogP contribution in [0.3, 0.4) is 0 Å². The molecule has 154 valence electrons. The van der Waals surface area contributed by atoms with Gasteiger partial charge in [0.2, 0.25) is 0 Å². The monoisotopic (exact) mass is 414 g/mol. The van der Waals surface area contributed by atoms with Crippen molar-refractivity contribution in [2.24, 2.45) is 0 Å². The molecule has 0 aliphatic rings. The first kappa shape index (κ1) is 24.5. The van der Waals surface area contributed by atoms with Crippen molar-refractivity contribution in [2.45, 2.75) is 61.2 Å². The first-order chi connectivity index (χ1) is 11.4. The molecule has 0 aliphatic heterocycles. The normalized spacial score (nSPS) is 15.1. The highest BCUT2D eigenvalue weighted by molar-refractivity contribution is 5.49. The minimum absolute atomic E-state index is 0.470. The second kappa shape index (κ2) is 7.25. The molecular weight excluding hydrogens is 404 g/mol. The van der Waals surface area contributed by atoms with E-state index in [-0.39, 0.29) is 0 Å². The van der Waals surface area contributed by atoms with Gasteiger partial charge in [0, 0.05) is 25.7 Å². The summed E-state index contributed by atoms with van der Waals surface area (Å²) in [4.78, 5) is 19.7. The second-order valence-corrected chi connectivity index (χ2v) is 5.12. The molecule has 0 saturated carbocycles. The van der Waals surface area contributed by atoms with Crippen molar-refractivity contribution in [3.05, 3.63) is 0 Å². The summed E-state index contributed by atoms with van der Waals surface area (Å²) in [6, 6.07) is 0. The molecule has 0 aliphatic carbocycles. The molecule has 0 radical (unpaired) electrons. The summed E-state index contributed by atoms with van der Waals surface area (Å²) in [5.41, 5.74) is 0. The Bertz CT molecular complexity index is 468. The van der Waals surface area contributed by atoms with Gasteiger partial charge < -0.3 is 9.59 Å². The first-order valence-electron chi connectivity index (χ1n) is 6.51. The van der Waals surface area contributed by atoms with Gasteiger partial charge in [-0.05, 0) is 0 Å². The molecule has 0 unspecified atom stereocenters. The summed E-state index contributed by atoms with van der Waals surface area (Å²) < 4.78 is 159. The molecule has 0 atom stereocenters. The SMILES string of the molecule is O=CCCC(F)(F)C(F)(F)C(F)(F)C(F)(F)C(F)(F)C(F)(F)CCC=O. The fraction of sp³-hybridized carbons (Fsp3) is 0.833. The molecule has 0 aromatic heterocycles. The Hall–Kier alpha value is -1.50. The maximum atomic E-state index is 13.3. The molecule has 0 fully saturated rings. The van der Waals surface area contributed by atoms with E-state index in [4.69, 9.17) is 0 Å². The lowest BCUT2D eigenvalue weighted by Crippen LogP contribution is -2.70. The van der Waals surface area contributed by atoms with Gasteiger partial charge in [0.1, 0.15) is 12.6 Å². The van der Waals surface area contributed by atoms with Crippen molar-refractivity contribution in [3.63, 3.8) is 0 Å². The summed E-state index contributed by atoms with van der Waals surface area (Å²) >= 11 is 0. The smallest absolute Gasteiger partial charge is 0.303 e. The third-order valence-corrected chi connectivity index (χ3v) is 3.25. The summed E-state index contributed by atoms with van der Waals surface area (Å²) in [5.74, 6) is -41.9. The van der Waals surface area contributed by atoms with Gasteiger partial charge in [0.25, 0.3) is 0 Å². The van der Waals surface area contributed by atoms with E-state index in [1.807, 2.05) is 0 Å². The zero-order valence-electron chi connectivity index (χ0n) is 12.3. The van der Waals surface area contributed by atoms with Crippen LogP contribution in [0.4, 0.5) is 52.7 Å². The topological polar surface area (TPSA) is 34.1 Å². The van der Waals surface area contributed by atoms with Crippen LogP contribution >= 0.6 is 0 Å². The zero-order valence-corrected chi connectivity index (χ0v) is 12.3. The largest absolute Gasteiger partial charge is 0.384 e. The quantitative estimate of drug-likeness (QED) is 0.361. The maximum Gasteiger partial charge on any atom is 0.384 e. The van der Waals surface area contributed by atoms with Crippen LogP contribution in [0.25, 0.3) is 0 Å². The van der Waals surface area contributed by atoms with Crippen molar-refractivity contribution in [3.8, 4) is 0 Å². The zero-order chi connectivity index (χ0) is 21.2. The summed E-state index contributed by atoms with van der Waals surface area (Å²) in [6.45, 7) is 0. The van der Waals surface area contributed by atoms with Gasteiger partial charge in [-0.3, -0.25) is 0 Å². The van der Waals surface area contributed by atoms with Crippen LogP contribution in [0, 0.1) is 0 Å². The van der Waals surface area contributed by atoms with E-state index in [1.54, 1.807) is 0 Å². The maximum absolute atomic E-state index is 13.3. The minimum atomic E-state index is -7.64. The van der Waals surface area contributed by atoms with Gasteiger partial charge in [-0.1, -0.05) is 0 Å². The fourth-order valence-corrected chi connectivity index (χ4v) is 1.65. The van der Waals surface area contributed by atoms with Crippen LogP contribution in [-0.2, 0) is 9.59 Å². The van der Waals surface area contributed by atoms with Crippen molar-refractivity contribution in [1.82, 2.24) is 0 Å². The highest BCUT2D eigenvalue weighted by Gasteiger charge is 2.89. The number of aldehydes is 2. The van der Waals surface area contributed by atoms with Gasteiger partial charge >= 0.3 is 35.5 Å². The highest BCUT2D eigenvalue weighted by Crippen LogP contribution is 2.61. The highest BCUT2D eigenvalue weighted by atomic mass is 19.4. The van der Waals surface area contributed by atoms with Crippen LogP contribution in [-0.4, -0.2) is 48.1 Å². The molecule has 0 N–H and O–H groups in total. The molecule has 0 rings (SSSR count). The van der Waals surface area contributed by atoms with Crippen molar-refractivity contribution in [1.29, 1.82) is 0 Å². The van der Waals surface area contributed by atoms with E-state index >= 15 is 0 Å². The second-order valence-electron chi connectivity index (χ2n) is 5.12. The third-order valence-electron chi connectivity index (χ3n) is 3.25. The van der Waals surface area contributed by atoms with E-state index < -0.39 is 73.8 Å². The van der Waals surface area contributed by atoms with E-state index in [2.05, 4.69) is 0 Å². The number of alkyl halides is 12. The van der Waals surface area contributed by atoms with Crippen molar-refractivity contribution >= 4 is 12.6 Å². The standard InChI is InChI=1S/C12H10F12O2/c13-7(14,3-1-5-25)9(17,18)11(21,22)12(23,24)10(19,20)8(15,16)4-2-6-26/h5-6H,1-4H2. The van der Waals surface area contributed by atoms with Crippen LogP contribution in [0.2, 0.25) is 0 Å². The van der Waals surface area contributed by atoms with Crippen LogP contribution in [0.5, 0.6) is 0 Å². The van der Waals surface area contributed by atoms with Crippen LogP contribution in [0.1, 0.15) is 25.7 Å². The number of hydrogen-bond donors (Lipinski definition) is 0. The predicted octanol–water partition coefficient (Wildman–Crippen LogP) is 4.76. The Morgan fingerprint density at radius 3 is 0.885 bits per heavy atom. The molecular formula is C12H10F12O2. The summed E-state index contributed by atoms with van der Waals surface area (Å²) in [5, 5.41) is 0. The molecule has 26 heavy (non-hydrogen) atoms. The minimum Gasteiger partial charge on any atom is -0.303 e. The van der Waals surface area contributed by atoms with Crippen LogP contribution in [0.15, 0.2) is 0 Å². The Kier molecular flexibility index (Phi) is 6.83.